The summed E-state index contributed by atoms with van der Waals surface area (Å²) in [5.74, 6) is -16.9. The number of ether oxygens (including phenoxy) is 1. The smallest absolute Gasteiger partial charge is 0.424 e. The molecule has 0 radical (unpaired) electrons. The van der Waals surface area contributed by atoms with Gasteiger partial charge in [0.05, 0.1) is 0 Å². The Morgan fingerprint density at radius 2 is 1.00 bits per heavy atom. The molecule has 0 saturated carbocycles. The summed E-state index contributed by atoms with van der Waals surface area (Å²) >= 11 is 0. The normalized spacial score (nSPS) is 14.2. The van der Waals surface area contributed by atoms with Crippen LogP contribution in [0.5, 0.6) is 5.75 Å². The van der Waals surface area contributed by atoms with E-state index in [0.29, 0.717) is 0 Å². The average molecular weight is 334 g/mol. The molecule has 0 aliphatic rings. The third-order valence-corrected chi connectivity index (χ3v) is 1.99. The second-order valence-electron chi connectivity index (χ2n) is 3.47. The van der Waals surface area contributed by atoms with Gasteiger partial charge in [-0.25, -0.2) is 17.6 Å². The standard InChI is InChI=1S/C9HF11O/c10-1-2(11)4(13)6(5(14)3(1)12)21-9(19,20)7(15)8(16,17)18/h7H/t7-/m0/s1. The van der Waals surface area contributed by atoms with Crippen LogP contribution in [0.15, 0.2) is 0 Å². The Morgan fingerprint density at radius 1 is 0.667 bits per heavy atom. The van der Waals surface area contributed by atoms with E-state index in [9.17, 15) is 48.3 Å². The van der Waals surface area contributed by atoms with Gasteiger partial charge in [-0.2, -0.15) is 30.7 Å². The summed E-state index contributed by atoms with van der Waals surface area (Å²) in [6, 6.07) is 0. The molecule has 0 aromatic heterocycles. The van der Waals surface area contributed by atoms with E-state index in [2.05, 4.69) is 4.74 Å². The van der Waals surface area contributed by atoms with Crippen LogP contribution in [0.3, 0.4) is 0 Å². The SMILES string of the molecule is Fc1c(F)c(F)c(OC(F)(F)[C@@H](F)C(F)(F)F)c(F)c1F. The third-order valence-electron chi connectivity index (χ3n) is 1.99. The molecule has 0 bridgehead atoms. The molecule has 0 unspecified atom stereocenters. The van der Waals surface area contributed by atoms with Gasteiger partial charge in [0.15, 0.2) is 0 Å². The summed E-state index contributed by atoms with van der Waals surface area (Å²) in [5.41, 5.74) is 0. The average Bonchev–Trinajstić information content (AvgIpc) is 2.37. The van der Waals surface area contributed by atoms with Crippen molar-refractivity contribution in [3.05, 3.63) is 29.1 Å². The van der Waals surface area contributed by atoms with Crippen LogP contribution in [0.4, 0.5) is 48.3 Å². The quantitative estimate of drug-likeness (QED) is 0.456. The van der Waals surface area contributed by atoms with Crippen molar-refractivity contribution in [3.63, 3.8) is 0 Å². The van der Waals surface area contributed by atoms with E-state index in [-0.39, 0.29) is 0 Å². The van der Waals surface area contributed by atoms with E-state index in [1.807, 2.05) is 0 Å². The number of halogens is 11. The molecule has 1 atom stereocenters. The molecule has 12 heteroatoms. The topological polar surface area (TPSA) is 9.23 Å². The molecule has 0 aliphatic carbocycles. The van der Waals surface area contributed by atoms with Crippen LogP contribution in [0, 0.1) is 29.1 Å². The van der Waals surface area contributed by atoms with Crippen molar-refractivity contribution in [1.82, 2.24) is 0 Å². The number of alkyl halides is 6. The molecule has 1 aromatic carbocycles. The van der Waals surface area contributed by atoms with Crippen LogP contribution >= 0.6 is 0 Å². The van der Waals surface area contributed by atoms with Crippen molar-refractivity contribution in [2.24, 2.45) is 0 Å². The molecule has 0 heterocycles. The number of rotatable bonds is 3. The fourth-order valence-electron chi connectivity index (χ4n) is 1.05. The van der Waals surface area contributed by atoms with Crippen molar-refractivity contribution >= 4 is 0 Å². The Hall–Kier alpha value is -1.75. The summed E-state index contributed by atoms with van der Waals surface area (Å²) in [5, 5.41) is 0. The minimum Gasteiger partial charge on any atom is -0.424 e. The van der Waals surface area contributed by atoms with Crippen LogP contribution in [-0.2, 0) is 0 Å². The Bertz CT molecular complexity index is 521. The molecule has 0 fully saturated rings. The molecule has 0 saturated heterocycles. The Labute approximate surface area is 107 Å². The summed E-state index contributed by atoms with van der Waals surface area (Å²) in [6.45, 7) is 0. The minimum absolute atomic E-state index is 2.73. The molecule has 0 aliphatic heterocycles. The molecule has 0 spiro atoms. The van der Waals surface area contributed by atoms with Gasteiger partial charge in [0, 0.05) is 0 Å². The molecule has 0 amide bonds. The molecule has 0 N–H and O–H groups in total. The fraction of sp³-hybridized carbons (Fsp3) is 0.333. The van der Waals surface area contributed by atoms with Gasteiger partial charge in [-0.05, 0) is 0 Å². The summed E-state index contributed by atoms with van der Waals surface area (Å²) in [6.07, 6.45) is -17.2. The molecular formula is C9HF11O. The largest absolute Gasteiger partial charge is 0.439 e. The summed E-state index contributed by atoms with van der Waals surface area (Å²) in [4.78, 5) is 0. The van der Waals surface area contributed by atoms with E-state index >= 15 is 0 Å². The number of benzene rings is 1. The first kappa shape index (κ1) is 17.3. The third kappa shape index (κ3) is 3.13. The highest BCUT2D eigenvalue weighted by molar-refractivity contribution is 5.30. The van der Waals surface area contributed by atoms with E-state index in [0.717, 1.165) is 0 Å². The fourth-order valence-corrected chi connectivity index (χ4v) is 1.05. The van der Waals surface area contributed by atoms with Crippen LogP contribution in [-0.4, -0.2) is 18.5 Å². The van der Waals surface area contributed by atoms with Crippen molar-refractivity contribution in [2.75, 3.05) is 0 Å². The number of hydrogen-bond acceptors (Lipinski definition) is 1. The molecule has 120 valence electrons. The zero-order valence-corrected chi connectivity index (χ0v) is 9.14. The first-order valence-corrected chi connectivity index (χ1v) is 4.59. The highest BCUT2D eigenvalue weighted by atomic mass is 19.4. The number of hydrogen-bond donors (Lipinski definition) is 0. The lowest BCUT2D eigenvalue weighted by Crippen LogP contribution is -2.46. The Morgan fingerprint density at radius 3 is 1.33 bits per heavy atom. The van der Waals surface area contributed by atoms with Gasteiger partial charge >= 0.3 is 12.3 Å². The van der Waals surface area contributed by atoms with Crippen molar-refractivity contribution < 1.29 is 53.0 Å². The molecular weight excluding hydrogens is 333 g/mol. The summed E-state index contributed by atoms with van der Waals surface area (Å²) in [7, 11) is 0. The Kier molecular flexibility index (Phi) is 4.30. The monoisotopic (exact) mass is 334 g/mol. The van der Waals surface area contributed by atoms with Crippen LogP contribution in [0.1, 0.15) is 0 Å². The first-order chi connectivity index (χ1) is 9.30. The van der Waals surface area contributed by atoms with Crippen LogP contribution < -0.4 is 4.74 Å². The molecule has 1 rings (SSSR count). The minimum atomic E-state index is -6.20. The van der Waals surface area contributed by atoms with Gasteiger partial charge in [-0.15, -0.1) is 0 Å². The second kappa shape index (κ2) is 5.22. The molecule has 1 nitrogen and oxygen atoms in total. The van der Waals surface area contributed by atoms with Gasteiger partial charge in [-0.1, -0.05) is 0 Å². The van der Waals surface area contributed by atoms with Gasteiger partial charge in [0.1, 0.15) is 0 Å². The van der Waals surface area contributed by atoms with Gasteiger partial charge in [0.2, 0.25) is 34.8 Å². The lowest BCUT2D eigenvalue weighted by atomic mass is 10.2. The second-order valence-corrected chi connectivity index (χ2v) is 3.47. The van der Waals surface area contributed by atoms with Gasteiger partial charge < -0.3 is 4.74 Å². The maximum Gasteiger partial charge on any atom is 0.439 e. The van der Waals surface area contributed by atoms with E-state index in [1.165, 1.54) is 0 Å². The van der Waals surface area contributed by atoms with E-state index in [4.69, 9.17) is 0 Å². The predicted molar refractivity (Wildman–Crippen MR) is 42.8 cm³/mol. The molecule has 1 aromatic rings. The van der Waals surface area contributed by atoms with E-state index < -0.39 is 53.3 Å². The van der Waals surface area contributed by atoms with E-state index in [1.54, 1.807) is 0 Å². The molecule has 21 heavy (non-hydrogen) atoms. The first-order valence-electron chi connectivity index (χ1n) is 4.59. The summed E-state index contributed by atoms with van der Waals surface area (Å²) < 4.78 is 139. The van der Waals surface area contributed by atoms with Gasteiger partial charge in [-0.3, -0.25) is 0 Å². The van der Waals surface area contributed by atoms with Gasteiger partial charge in [0.25, 0.3) is 6.17 Å². The highest BCUT2D eigenvalue weighted by Crippen LogP contribution is 2.39. The highest BCUT2D eigenvalue weighted by Gasteiger charge is 2.60. The van der Waals surface area contributed by atoms with Crippen LogP contribution in [0.2, 0.25) is 0 Å². The zero-order chi connectivity index (χ0) is 16.7. The zero-order valence-electron chi connectivity index (χ0n) is 9.14. The van der Waals surface area contributed by atoms with Crippen molar-refractivity contribution in [1.29, 1.82) is 0 Å². The maximum absolute atomic E-state index is 12.9. The lowest BCUT2D eigenvalue weighted by Gasteiger charge is -2.23. The predicted octanol–water partition coefficient (Wildman–Crippen LogP) is 4.25. The maximum atomic E-state index is 12.9. The van der Waals surface area contributed by atoms with Crippen molar-refractivity contribution in [2.45, 2.75) is 18.5 Å². The lowest BCUT2D eigenvalue weighted by molar-refractivity contribution is -0.306. The van der Waals surface area contributed by atoms with Crippen LogP contribution in [0.25, 0.3) is 0 Å². The van der Waals surface area contributed by atoms with Crippen molar-refractivity contribution in [3.8, 4) is 5.75 Å². The Balaban J connectivity index is 3.32.